The van der Waals surface area contributed by atoms with Gasteiger partial charge in [0.15, 0.2) is 33.2 Å². The van der Waals surface area contributed by atoms with E-state index in [1.165, 1.54) is 73.7 Å². The van der Waals surface area contributed by atoms with E-state index in [1.54, 1.807) is 45.0 Å². The van der Waals surface area contributed by atoms with Crippen molar-refractivity contribution in [3.8, 4) is 114 Å². The van der Waals surface area contributed by atoms with Crippen LogP contribution >= 0.6 is 0 Å². The summed E-state index contributed by atoms with van der Waals surface area (Å²) in [6.07, 6.45) is 0. The van der Waals surface area contributed by atoms with Crippen molar-refractivity contribution in [2.75, 3.05) is 0 Å². The molecule has 430 valence electrons. The van der Waals surface area contributed by atoms with Gasteiger partial charge in [0.1, 0.15) is 124 Å². The predicted octanol–water partition coefficient (Wildman–Crippen LogP) is 11.8. The van der Waals surface area contributed by atoms with Crippen LogP contribution in [0, 0.1) is 34.6 Å². The number of phenolic OH excluding ortho intramolecular Hbond substituents is 12. The third kappa shape index (κ3) is 11.6. The minimum atomic E-state index is -0.443. The number of aryl methyl sites for hydroxylation is 1. The summed E-state index contributed by atoms with van der Waals surface area (Å²) in [5.74, 6) is -1.21. The Morgan fingerprint density at radius 3 is 0.765 bits per heavy atom. The summed E-state index contributed by atoms with van der Waals surface area (Å²) in [5, 5.41) is 115. The van der Waals surface area contributed by atoms with E-state index in [-0.39, 0.29) is 140 Å². The zero-order chi connectivity index (χ0) is 61.5. The number of fused-ring (bicyclic) bond motifs is 4. The molecular formula is C65H50O20. The highest BCUT2D eigenvalue weighted by Crippen LogP contribution is 2.38. The van der Waals surface area contributed by atoms with Gasteiger partial charge < -0.3 is 78.9 Å². The second kappa shape index (κ2) is 23.0. The predicted molar refractivity (Wildman–Crippen MR) is 315 cm³/mol. The molecule has 0 radical (unpaired) electrons. The van der Waals surface area contributed by atoms with Gasteiger partial charge in [-0.15, -0.1) is 0 Å². The summed E-state index contributed by atoms with van der Waals surface area (Å²) >= 11 is 0. The van der Waals surface area contributed by atoms with Crippen LogP contribution in [-0.4, -0.2) is 61.3 Å². The first kappa shape index (κ1) is 57.9. The van der Waals surface area contributed by atoms with Gasteiger partial charge in [-0.25, -0.2) is 0 Å². The molecule has 12 aromatic rings. The Kier molecular flexibility index (Phi) is 15.6. The summed E-state index contributed by atoms with van der Waals surface area (Å²) in [6, 6.07) is 33.5. The maximum Gasteiger partial charge on any atom is 0.199 e. The second-order valence-corrected chi connectivity index (χ2v) is 19.6. The van der Waals surface area contributed by atoms with Crippen LogP contribution in [0.2, 0.25) is 0 Å². The molecule has 0 spiro atoms. The Morgan fingerprint density at radius 2 is 0.494 bits per heavy atom. The molecule has 12 rings (SSSR count). The summed E-state index contributed by atoms with van der Waals surface area (Å²) in [6.45, 7) is 8.35. The Morgan fingerprint density at radius 1 is 0.247 bits per heavy atom. The highest BCUT2D eigenvalue weighted by Gasteiger charge is 2.21. The maximum atomic E-state index is 12.4. The molecule has 0 saturated heterocycles. The zero-order valence-corrected chi connectivity index (χ0v) is 45.4. The van der Waals surface area contributed by atoms with Crippen LogP contribution in [0.5, 0.6) is 69.0 Å². The Balaban J connectivity index is 0.000000136. The molecule has 4 heterocycles. The Labute approximate surface area is 478 Å². The van der Waals surface area contributed by atoms with Crippen LogP contribution in [0.25, 0.3) is 89.2 Å². The number of rotatable bonds is 4. The lowest BCUT2D eigenvalue weighted by molar-refractivity contribution is 0.404. The van der Waals surface area contributed by atoms with Crippen LogP contribution in [0.1, 0.15) is 27.8 Å². The van der Waals surface area contributed by atoms with Gasteiger partial charge in [-0.2, -0.15) is 0 Å². The third-order valence-corrected chi connectivity index (χ3v) is 13.6. The van der Waals surface area contributed by atoms with E-state index >= 15 is 0 Å². The Hall–Kier alpha value is -11.8. The van der Waals surface area contributed by atoms with Crippen LogP contribution in [-0.2, 0) is 0 Å². The fourth-order valence-electron chi connectivity index (χ4n) is 9.19. The molecule has 0 fully saturated rings. The normalized spacial score (nSPS) is 10.9. The quantitative estimate of drug-likeness (QED) is 0.0728. The molecule has 0 saturated carbocycles. The third-order valence-electron chi connectivity index (χ3n) is 13.6. The molecule has 12 N–H and O–H groups in total. The lowest BCUT2D eigenvalue weighted by Gasteiger charge is -2.09. The average Bonchev–Trinajstić information content (AvgIpc) is 1.91. The molecule has 8 aromatic carbocycles. The maximum absolute atomic E-state index is 12.4. The van der Waals surface area contributed by atoms with Crippen molar-refractivity contribution in [1.82, 2.24) is 0 Å². The van der Waals surface area contributed by atoms with E-state index in [4.69, 9.17) is 17.7 Å². The van der Waals surface area contributed by atoms with Gasteiger partial charge in [0.05, 0.1) is 0 Å². The first-order valence-electron chi connectivity index (χ1n) is 25.5. The monoisotopic (exact) mass is 1150 g/mol. The van der Waals surface area contributed by atoms with Gasteiger partial charge in [0.2, 0.25) is 0 Å². The lowest BCUT2D eigenvalue weighted by Crippen LogP contribution is -2.07. The highest BCUT2D eigenvalue weighted by atomic mass is 16.4. The van der Waals surface area contributed by atoms with E-state index in [2.05, 4.69) is 0 Å². The highest BCUT2D eigenvalue weighted by molar-refractivity contribution is 5.90. The van der Waals surface area contributed by atoms with Crippen molar-refractivity contribution in [2.45, 2.75) is 34.6 Å². The van der Waals surface area contributed by atoms with Gasteiger partial charge in [-0.05, 0) is 101 Å². The molecule has 20 heteroatoms. The van der Waals surface area contributed by atoms with Crippen LogP contribution in [0.4, 0.5) is 0 Å². The topological polar surface area (TPSA) is 364 Å². The van der Waals surface area contributed by atoms with Gasteiger partial charge in [-0.3, -0.25) is 19.2 Å². The van der Waals surface area contributed by atoms with E-state index in [9.17, 15) is 80.5 Å². The van der Waals surface area contributed by atoms with Crippen LogP contribution < -0.4 is 21.7 Å². The average molecular weight is 1150 g/mol. The number of aromatic hydroxyl groups is 12. The van der Waals surface area contributed by atoms with E-state index in [0.29, 0.717) is 50.7 Å². The van der Waals surface area contributed by atoms with Crippen molar-refractivity contribution in [3.63, 3.8) is 0 Å². The lowest BCUT2D eigenvalue weighted by atomic mass is 10.0. The molecule has 0 unspecified atom stereocenters. The molecule has 0 bridgehead atoms. The first-order valence-corrected chi connectivity index (χ1v) is 25.5. The van der Waals surface area contributed by atoms with Crippen molar-refractivity contribution in [2.24, 2.45) is 0 Å². The van der Waals surface area contributed by atoms with Gasteiger partial charge in [0.25, 0.3) is 0 Å². The molecule has 0 aliphatic rings. The van der Waals surface area contributed by atoms with Crippen molar-refractivity contribution >= 4 is 43.9 Å². The SMILES string of the molecule is Cc1c(-c2ccc(O)c(O)c2)oc2cc(O)cc(O)c2c1=O.Cc1c(-c2ccc(O)cc2)oc2cc(O)cc(O)c2c1=O.Cc1c(-c2ccc(O)cc2)oc2cc(O)cc(O)c2c1=O.Cc1ccc(-c2oc3cc(O)cc(O)c3c(=O)c2C)cc1. The number of benzene rings is 8. The number of phenols is 12. The minimum Gasteiger partial charge on any atom is -0.508 e. The van der Waals surface area contributed by atoms with Gasteiger partial charge in [-0.1, -0.05) is 29.8 Å². The Bertz CT molecular complexity index is 4500. The van der Waals surface area contributed by atoms with E-state index in [1.807, 2.05) is 31.2 Å². The fourth-order valence-corrected chi connectivity index (χ4v) is 9.19. The summed E-state index contributed by atoms with van der Waals surface area (Å²) < 4.78 is 22.7. The largest absolute Gasteiger partial charge is 0.508 e. The smallest absolute Gasteiger partial charge is 0.199 e. The summed E-state index contributed by atoms with van der Waals surface area (Å²) in [7, 11) is 0. The molecular weight excluding hydrogens is 1100 g/mol. The first-order chi connectivity index (χ1) is 40.3. The van der Waals surface area contributed by atoms with Crippen molar-refractivity contribution in [1.29, 1.82) is 0 Å². The molecule has 4 aromatic heterocycles. The summed E-state index contributed by atoms with van der Waals surface area (Å²) in [4.78, 5) is 49.6. The van der Waals surface area contributed by atoms with Crippen molar-refractivity contribution in [3.05, 3.63) is 208 Å². The molecule has 0 atom stereocenters. The van der Waals surface area contributed by atoms with Crippen molar-refractivity contribution < 1.29 is 78.9 Å². The molecule has 0 aliphatic carbocycles. The molecule has 0 amide bonds. The molecule has 20 nitrogen and oxygen atoms in total. The standard InChI is InChI=1S/C17H14O4.C16H12O6.2C16H12O5/c1-9-3-5-11(6-4-9)17-10(2)16(20)15-13(19)7-12(18)8-14(15)21-17;1-7-15(21)14-12(20)5-9(17)6-13(14)22-16(7)8-2-3-10(18)11(19)4-8;2*1-8-15(20)14-12(19)6-11(18)7-13(14)21-16(8)9-2-4-10(17)5-3-9/h3-8,18-19H,1-2H3;2-6,17-20H,1H3;2*2-7,17-19H,1H3. The number of hydrogen-bond donors (Lipinski definition) is 12. The van der Waals surface area contributed by atoms with Gasteiger partial charge in [0, 0.05) is 93.0 Å². The minimum absolute atomic E-state index is 0.0238. The summed E-state index contributed by atoms with van der Waals surface area (Å²) in [5.41, 5.74) is 3.77. The van der Waals surface area contributed by atoms with Crippen LogP contribution in [0.3, 0.4) is 0 Å². The van der Waals surface area contributed by atoms with Gasteiger partial charge >= 0.3 is 0 Å². The second-order valence-electron chi connectivity index (χ2n) is 19.6. The molecule has 0 aliphatic heterocycles. The van der Waals surface area contributed by atoms with E-state index in [0.717, 1.165) is 35.4 Å². The molecule has 85 heavy (non-hydrogen) atoms. The van der Waals surface area contributed by atoms with E-state index < -0.39 is 5.43 Å². The fraction of sp³-hybridized carbons (Fsp3) is 0.0769. The van der Waals surface area contributed by atoms with Crippen LogP contribution in [0.15, 0.2) is 176 Å². The zero-order valence-electron chi connectivity index (χ0n) is 45.4. The number of hydrogen-bond acceptors (Lipinski definition) is 20.